The van der Waals surface area contributed by atoms with Crippen molar-refractivity contribution >= 4 is 23.7 Å². The number of hydrogen-bond acceptors (Lipinski definition) is 4. The number of anilines is 1. The Morgan fingerprint density at radius 1 is 1.22 bits per heavy atom. The first-order valence-electron chi connectivity index (χ1n) is 10.7. The van der Waals surface area contributed by atoms with Gasteiger partial charge in [0.1, 0.15) is 17.3 Å². The first-order chi connectivity index (χ1) is 15.1. The molecule has 0 radical (unpaired) electrons. The average Bonchev–Trinajstić information content (AvgIpc) is 3.00. The molecule has 3 amide bonds. The molecule has 32 heavy (non-hydrogen) atoms. The molecule has 168 valence electrons. The number of nitrogens with one attached hydrogen (secondary N) is 1. The third kappa shape index (κ3) is 3.83. The molecule has 2 aromatic carbocycles. The van der Waals surface area contributed by atoms with Crippen LogP contribution >= 0.6 is 0 Å². The number of imide groups is 1. The number of methoxy groups -OCH3 is 1. The number of carbonyl (C=O) groups excluding carboxylic acids is 2. The molecule has 4 rings (SSSR count). The first kappa shape index (κ1) is 21.9. The van der Waals surface area contributed by atoms with Gasteiger partial charge in [0.2, 0.25) is 0 Å². The van der Waals surface area contributed by atoms with Gasteiger partial charge in [-0.1, -0.05) is 19.1 Å². The fourth-order valence-corrected chi connectivity index (χ4v) is 4.54. The fourth-order valence-electron chi connectivity index (χ4n) is 4.54. The summed E-state index contributed by atoms with van der Waals surface area (Å²) in [6, 6.07) is 9.27. The topological polar surface area (TPSA) is 61.9 Å². The van der Waals surface area contributed by atoms with E-state index in [0.717, 1.165) is 22.6 Å². The molecule has 0 aromatic heterocycles. The van der Waals surface area contributed by atoms with E-state index in [2.05, 4.69) is 38.0 Å². The highest BCUT2D eigenvalue weighted by Crippen LogP contribution is 2.45. The number of nitrogens with zero attached hydrogens (tertiary/aromatic N) is 2. The number of amides is 3. The molecule has 2 aliphatic heterocycles. The minimum absolute atomic E-state index is 0.0215. The Morgan fingerprint density at radius 3 is 2.56 bits per heavy atom. The molecule has 1 fully saturated rings. The molecule has 6 nitrogen and oxygen atoms in total. The number of urea groups is 1. The van der Waals surface area contributed by atoms with Crippen molar-refractivity contribution in [3.63, 3.8) is 0 Å². The highest BCUT2D eigenvalue weighted by molar-refractivity contribution is 6.14. The van der Waals surface area contributed by atoms with E-state index in [1.54, 1.807) is 25.3 Å². The molecule has 0 bridgehead atoms. The monoisotopic (exact) mass is 437 g/mol. The third-order valence-corrected chi connectivity index (χ3v) is 6.50. The predicted molar refractivity (Wildman–Crippen MR) is 122 cm³/mol. The summed E-state index contributed by atoms with van der Waals surface area (Å²) in [5.74, 6) is 0.176. The number of rotatable bonds is 4. The largest absolute Gasteiger partial charge is 0.496 e. The average molecular weight is 438 g/mol. The minimum atomic E-state index is -0.502. The maximum atomic E-state index is 13.2. The number of benzene rings is 2. The molecule has 2 aromatic rings. The maximum Gasteiger partial charge on any atom is 0.329 e. The van der Waals surface area contributed by atoms with Crippen molar-refractivity contribution in [3.8, 4) is 5.75 Å². The van der Waals surface area contributed by atoms with Crippen LogP contribution in [0.3, 0.4) is 0 Å². The Bertz CT molecular complexity index is 1110. The van der Waals surface area contributed by atoms with Crippen molar-refractivity contribution in [2.45, 2.75) is 45.2 Å². The van der Waals surface area contributed by atoms with Crippen LogP contribution in [0.2, 0.25) is 0 Å². The van der Waals surface area contributed by atoms with Crippen LogP contribution in [-0.4, -0.2) is 36.5 Å². The van der Waals surface area contributed by atoms with Crippen LogP contribution in [-0.2, 0) is 11.3 Å². The molecule has 1 unspecified atom stereocenters. The summed E-state index contributed by atoms with van der Waals surface area (Å²) in [5, 5.41) is 2.66. The molecule has 7 heteroatoms. The van der Waals surface area contributed by atoms with Crippen molar-refractivity contribution in [2.75, 3.05) is 19.1 Å². The highest BCUT2D eigenvalue weighted by Gasteiger charge is 2.36. The van der Waals surface area contributed by atoms with E-state index in [1.807, 2.05) is 12.1 Å². The molecule has 2 heterocycles. The standard InChI is InChI=1S/C25H28FN3O3/c1-15-13-25(2,3)28(4)21-12-22(32-5)17(10-19(15)21)11-20-23(30)29(24(31)27-20)14-16-6-8-18(26)9-7-16/h6-12,15H,13-14H2,1-5H3,(H,27,31)/b20-11+. The van der Waals surface area contributed by atoms with E-state index in [0.29, 0.717) is 17.2 Å². The van der Waals surface area contributed by atoms with Gasteiger partial charge in [0.25, 0.3) is 5.91 Å². The zero-order chi connectivity index (χ0) is 23.2. The second kappa shape index (κ2) is 7.97. The summed E-state index contributed by atoms with van der Waals surface area (Å²) in [4.78, 5) is 28.8. The minimum Gasteiger partial charge on any atom is -0.496 e. The van der Waals surface area contributed by atoms with Gasteiger partial charge in [-0.25, -0.2) is 9.18 Å². The van der Waals surface area contributed by atoms with Crippen molar-refractivity contribution in [1.82, 2.24) is 10.2 Å². The fraction of sp³-hybridized carbons (Fsp3) is 0.360. The lowest BCUT2D eigenvalue weighted by molar-refractivity contribution is -0.123. The van der Waals surface area contributed by atoms with Crippen LogP contribution in [0.4, 0.5) is 14.9 Å². The molecular weight excluding hydrogens is 409 g/mol. The number of fused-ring (bicyclic) bond motifs is 1. The third-order valence-electron chi connectivity index (χ3n) is 6.50. The van der Waals surface area contributed by atoms with E-state index in [-0.39, 0.29) is 23.6 Å². The van der Waals surface area contributed by atoms with Gasteiger partial charge >= 0.3 is 6.03 Å². The summed E-state index contributed by atoms with van der Waals surface area (Å²) in [6.07, 6.45) is 2.66. The van der Waals surface area contributed by atoms with Crippen molar-refractivity contribution < 1.29 is 18.7 Å². The van der Waals surface area contributed by atoms with E-state index in [4.69, 9.17) is 4.74 Å². The van der Waals surface area contributed by atoms with Gasteiger partial charge in [0.05, 0.1) is 13.7 Å². The van der Waals surface area contributed by atoms with Crippen molar-refractivity contribution in [1.29, 1.82) is 0 Å². The van der Waals surface area contributed by atoms with E-state index in [1.165, 1.54) is 17.7 Å². The quantitative estimate of drug-likeness (QED) is 0.559. The molecule has 1 saturated heterocycles. The normalized spacial score (nSPS) is 21.1. The number of halogens is 1. The molecule has 0 spiro atoms. The first-order valence-corrected chi connectivity index (χ1v) is 10.7. The van der Waals surface area contributed by atoms with E-state index < -0.39 is 11.9 Å². The van der Waals surface area contributed by atoms with Gasteiger partial charge in [-0.3, -0.25) is 9.69 Å². The smallest absolute Gasteiger partial charge is 0.329 e. The molecule has 0 aliphatic carbocycles. The van der Waals surface area contributed by atoms with Crippen LogP contribution < -0.4 is 15.0 Å². The van der Waals surface area contributed by atoms with Gasteiger partial charge in [0, 0.05) is 29.9 Å². The molecular formula is C25H28FN3O3. The van der Waals surface area contributed by atoms with Crippen molar-refractivity contribution in [3.05, 3.63) is 64.6 Å². The predicted octanol–water partition coefficient (Wildman–Crippen LogP) is 4.65. The van der Waals surface area contributed by atoms with E-state index >= 15 is 0 Å². The van der Waals surface area contributed by atoms with E-state index in [9.17, 15) is 14.0 Å². The summed E-state index contributed by atoms with van der Waals surface area (Å²) in [5.41, 5.74) is 3.90. The summed E-state index contributed by atoms with van der Waals surface area (Å²) >= 11 is 0. The Balaban J connectivity index is 1.66. The SMILES string of the molecule is COc1cc2c(cc1/C=C1/NC(=O)N(Cc3ccc(F)cc3)C1=O)C(C)CC(C)(C)N2C. The maximum absolute atomic E-state index is 13.2. The van der Waals surface area contributed by atoms with Crippen molar-refractivity contribution in [2.24, 2.45) is 0 Å². The zero-order valence-electron chi connectivity index (χ0n) is 19.0. The van der Waals surface area contributed by atoms with Crippen LogP contribution in [0.1, 0.15) is 49.8 Å². The van der Waals surface area contributed by atoms with Gasteiger partial charge in [-0.05, 0) is 61.6 Å². The van der Waals surface area contributed by atoms with Gasteiger partial charge in [-0.2, -0.15) is 0 Å². The van der Waals surface area contributed by atoms with Crippen LogP contribution in [0.5, 0.6) is 5.75 Å². The Hall–Kier alpha value is -3.35. The number of hydrogen-bond donors (Lipinski definition) is 1. The Morgan fingerprint density at radius 2 is 1.91 bits per heavy atom. The van der Waals surface area contributed by atoms with Crippen LogP contribution in [0.15, 0.2) is 42.1 Å². The Kier molecular flexibility index (Phi) is 5.44. The second-order valence-electron chi connectivity index (χ2n) is 9.14. The summed E-state index contributed by atoms with van der Waals surface area (Å²) < 4.78 is 18.8. The zero-order valence-corrected chi connectivity index (χ0v) is 19.0. The molecule has 0 saturated carbocycles. The second-order valence-corrected chi connectivity index (χ2v) is 9.14. The number of carbonyl (C=O) groups is 2. The number of ether oxygens (including phenoxy) is 1. The van der Waals surface area contributed by atoms with Gasteiger partial charge in [-0.15, -0.1) is 0 Å². The molecule has 2 aliphatic rings. The van der Waals surface area contributed by atoms with Crippen LogP contribution in [0, 0.1) is 5.82 Å². The van der Waals surface area contributed by atoms with Gasteiger partial charge in [0.15, 0.2) is 0 Å². The van der Waals surface area contributed by atoms with Gasteiger partial charge < -0.3 is 15.0 Å². The molecule has 1 N–H and O–H groups in total. The van der Waals surface area contributed by atoms with Crippen LogP contribution in [0.25, 0.3) is 6.08 Å². The summed E-state index contributed by atoms with van der Waals surface area (Å²) in [7, 11) is 3.67. The lowest BCUT2D eigenvalue weighted by Gasteiger charge is -2.45. The summed E-state index contributed by atoms with van der Waals surface area (Å²) in [6.45, 7) is 6.71. The highest BCUT2D eigenvalue weighted by atomic mass is 19.1. The lowest BCUT2D eigenvalue weighted by atomic mass is 9.80. The molecule has 1 atom stereocenters. The lowest BCUT2D eigenvalue weighted by Crippen LogP contribution is -2.45. The Labute approximate surface area is 187 Å².